The number of aromatic carboxylic acids is 1. The molecule has 5 nitrogen and oxygen atoms in total. The van der Waals surface area contributed by atoms with Gasteiger partial charge in [0.15, 0.2) is 0 Å². The predicted octanol–water partition coefficient (Wildman–Crippen LogP) is 1.39. The average molecular weight is 236 g/mol. The Morgan fingerprint density at radius 1 is 1.59 bits per heavy atom. The highest BCUT2D eigenvalue weighted by Crippen LogP contribution is 2.24. The minimum absolute atomic E-state index is 0.112. The molecule has 1 aliphatic rings. The van der Waals surface area contributed by atoms with E-state index in [0.29, 0.717) is 13.2 Å². The van der Waals surface area contributed by atoms with E-state index >= 15 is 0 Å². The SMILES string of the molecule is CC1CN(c2ccncc2C(=O)O)C(C)CO1. The van der Waals surface area contributed by atoms with Gasteiger partial charge in [0.05, 0.1) is 18.4 Å². The zero-order chi connectivity index (χ0) is 12.4. The molecule has 0 radical (unpaired) electrons. The molecule has 2 rings (SSSR count). The number of aromatic nitrogens is 1. The number of pyridine rings is 1. The molecular weight excluding hydrogens is 220 g/mol. The van der Waals surface area contributed by atoms with E-state index in [1.54, 1.807) is 12.3 Å². The van der Waals surface area contributed by atoms with Gasteiger partial charge in [0, 0.05) is 25.0 Å². The third-order valence-corrected chi connectivity index (χ3v) is 2.95. The van der Waals surface area contributed by atoms with Crippen molar-refractivity contribution >= 4 is 11.7 Å². The molecule has 0 saturated carbocycles. The lowest BCUT2D eigenvalue weighted by Crippen LogP contribution is -2.48. The molecule has 0 spiro atoms. The summed E-state index contributed by atoms with van der Waals surface area (Å²) in [6, 6.07) is 1.92. The van der Waals surface area contributed by atoms with Gasteiger partial charge < -0.3 is 14.7 Å². The Bertz CT molecular complexity index is 422. The number of hydrogen-bond acceptors (Lipinski definition) is 4. The Morgan fingerprint density at radius 2 is 2.35 bits per heavy atom. The third kappa shape index (κ3) is 2.39. The molecule has 0 amide bonds. The van der Waals surface area contributed by atoms with E-state index in [0.717, 1.165) is 5.69 Å². The van der Waals surface area contributed by atoms with Crippen molar-refractivity contribution in [2.24, 2.45) is 0 Å². The van der Waals surface area contributed by atoms with Crippen LogP contribution in [-0.2, 0) is 4.74 Å². The lowest BCUT2D eigenvalue weighted by atomic mass is 10.1. The van der Waals surface area contributed by atoms with Crippen molar-refractivity contribution in [2.45, 2.75) is 26.0 Å². The van der Waals surface area contributed by atoms with Crippen LogP contribution in [0, 0.1) is 0 Å². The maximum Gasteiger partial charge on any atom is 0.339 e. The number of rotatable bonds is 2. The van der Waals surface area contributed by atoms with Gasteiger partial charge in [-0.15, -0.1) is 0 Å². The summed E-state index contributed by atoms with van der Waals surface area (Å²) in [6.07, 6.45) is 3.13. The highest BCUT2D eigenvalue weighted by molar-refractivity contribution is 5.94. The molecule has 2 unspecified atom stereocenters. The number of nitrogens with zero attached hydrogens (tertiary/aromatic N) is 2. The van der Waals surface area contributed by atoms with E-state index in [1.165, 1.54) is 6.20 Å². The van der Waals surface area contributed by atoms with Crippen molar-refractivity contribution in [3.8, 4) is 0 Å². The first-order chi connectivity index (χ1) is 8.09. The summed E-state index contributed by atoms with van der Waals surface area (Å²) in [4.78, 5) is 17.1. The molecule has 0 aliphatic carbocycles. The van der Waals surface area contributed by atoms with Crippen molar-refractivity contribution < 1.29 is 14.6 Å². The van der Waals surface area contributed by atoms with Crippen LogP contribution in [-0.4, -0.2) is 41.4 Å². The summed E-state index contributed by atoms with van der Waals surface area (Å²) in [6.45, 7) is 5.33. The molecule has 92 valence electrons. The van der Waals surface area contributed by atoms with E-state index in [9.17, 15) is 4.79 Å². The number of carbonyl (C=O) groups is 1. The molecule has 1 N–H and O–H groups in total. The van der Waals surface area contributed by atoms with Gasteiger partial charge in [-0.3, -0.25) is 4.98 Å². The molecule has 0 bridgehead atoms. The van der Waals surface area contributed by atoms with Gasteiger partial charge in [0.25, 0.3) is 0 Å². The van der Waals surface area contributed by atoms with Gasteiger partial charge in [0.2, 0.25) is 0 Å². The number of ether oxygens (including phenoxy) is 1. The maximum atomic E-state index is 11.2. The molecule has 1 aromatic heterocycles. The normalized spacial score (nSPS) is 24.7. The van der Waals surface area contributed by atoms with E-state index in [4.69, 9.17) is 9.84 Å². The summed E-state index contributed by atoms with van der Waals surface area (Å²) >= 11 is 0. The third-order valence-electron chi connectivity index (χ3n) is 2.95. The lowest BCUT2D eigenvalue weighted by molar-refractivity contribution is 0.0341. The monoisotopic (exact) mass is 236 g/mol. The molecule has 2 heterocycles. The fourth-order valence-corrected chi connectivity index (χ4v) is 2.04. The molecule has 1 aliphatic heterocycles. The van der Waals surface area contributed by atoms with E-state index in [2.05, 4.69) is 9.88 Å². The second-order valence-electron chi connectivity index (χ2n) is 4.34. The molecule has 1 saturated heterocycles. The van der Waals surface area contributed by atoms with Crippen LogP contribution in [0.2, 0.25) is 0 Å². The molecular formula is C12H16N2O3. The topological polar surface area (TPSA) is 62.7 Å². The highest BCUT2D eigenvalue weighted by Gasteiger charge is 2.26. The minimum Gasteiger partial charge on any atom is -0.478 e. The first kappa shape index (κ1) is 11.9. The predicted molar refractivity (Wildman–Crippen MR) is 63.4 cm³/mol. The number of hydrogen-bond donors (Lipinski definition) is 1. The van der Waals surface area contributed by atoms with E-state index < -0.39 is 5.97 Å². The number of morpholine rings is 1. The minimum atomic E-state index is -0.945. The fourth-order valence-electron chi connectivity index (χ4n) is 2.04. The van der Waals surface area contributed by atoms with Crippen LogP contribution in [0.4, 0.5) is 5.69 Å². The second kappa shape index (κ2) is 4.71. The van der Waals surface area contributed by atoms with Crippen LogP contribution < -0.4 is 4.90 Å². The van der Waals surface area contributed by atoms with Crippen LogP contribution in [0.15, 0.2) is 18.5 Å². The molecule has 17 heavy (non-hydrogen) atoms. The molecule has 5 heteroatoms. The van der Waals surface area contributed by atoms with Gasteiger partial charge in [-0.05, 0) is 19.9 Å². The molecule has 1 aromatic rings. The Morgan fingerprint density at radius 3 is 3.06 bits per heavy atom. The summed E-state index contributed by atoms with van der Waals surface area (Å²) in [5.74, 6) is -0.945. The van der Waals surface area contributed by atoms with Crippen molar-refractivity contribution in [3.63, 3.8) is 0 Å². The first-order valence-corrected chi connectivity index (χ1v) is 5.65. The summed E-state index contributed by atoms with van der Waals surface area (Å²) in [7, 11) is 0. The van der Waals surface area contributed by atoms with Gasteiger partial charge in [-0.25, -0.2) is 4.79 Å². The zero-order valence-corrected chi connectivity index (χ0v) is 9.96. The van der Waals surface area contributed by atoms with Crippen LogP contribution in [0.1, 0.15) is 24.2 Å². The zero-order valence-electron chi connectivity index (χ0n) is 9.96. The van der Waals surface area contributed by atoms with Crippen LogP contribution in [0.3, 0.4) is 0 Å². The van der Waals surface area contributed by atoms with E-state index in [1.807, 2.05) is 13.8 Å². The van der Waals surface area contributed by atoms with Crippen molar-refractivity contribution in [2.75, 3.05) is 18.1 Å². The second-order valence-corrected chi connectivity index (χ2v) is 4.34. The number of anilines is 1. The Hall–Kier alpha value is -1.62. The Labute approximate surface area is 100 Å². The Balaban J connectivity index is 2.35. The van der Waals surface area contributed by atoms with E-state index in [-0.39, 0.29) is 17.7 Å². The van der Waals surface area contributed by atoms with Crippen molar-refractivity contribution in [1.29, 1.82) is 0 Å². The van der Waals surface area contributed by atoms with Gasteiger partial charge >= 0.3 is 5.97 Å². The molecule has 2 atom stereocenters. The van der Waals surface area contributed by atoms with Gasteiger partial charge in [-0.2, -0.15) is 0 Å². The molecule has 1 fully saturated rings. The van der Waals surface area contributed by atoms with Crippen LogP contribution >= 0.6 is 0 Å². The lowest BCUT2D eigenvalue weighted by Gasteiger charge is -2.38. The summed E-state index contributed by atoms with van der Waals surface area (Å²) in [5.41, 5.74) is 0.962. The number of carboxylic acids is 1. The van der Waals surface area contributed by atoms with Crippen molar-refractivity contribution in [3.05, 3.63) is 24.0 Å². The van der Waals surface area contributed by atoms with Gasteiger partial charge in [0.1, 0.15) is 5.56 Å². The molecule has 0 aromatic carbocycles. The van der Waals surface area contributed by atoms with Gasteiger partial charge in [-0.1, -0.05) is 0 Å². The fraction of sp³-hybridized carbons (Fsp3) is 0.500. The Kier molecular flexibility index (Phi) is 3.28. The maximum absolute atomic E-state index is 11.2. The largest absolute Gasteiger partial charge is 0.478 e. The van der Waals surface area contributed by atoms with Crippen LogP contribution in [0.5, 0.6) is 0 Å². The van der Waals surface area contributed by atoms with Crippen molar-refractivity contribution in [1.82, 2.24) is 4.98 Å². The number of carboxylic acid groups (broad SMARTS) is 1. The summed E-state index contributed by atoms with van der Waals surface area (Å²) < 4.78 is 5.54. The first-order valence-electron chi connectivity index (χ1n) is 5.65. The summed E-state index contributed by atoms with van der Waals surface area (Å²) in [5, 5.41) is 9.15. The van der Waals surface area contributed by atoms with Crippen LogP contribution in [0.25, 0.3) is 0 Å². The highest BCUT2D eigenvalue weighted by atomic mass is 16.5. The quantitative estimate of drug-likeness (QED) is 0.840. The standard InChI is InChI=1S/C12H16N2O3/c1-8-7-17-9(2)6-14(8)11-3-4-13-5-10(11)12(15)16/h3-5,8-9H,6-7H2,1-2H3,(H,15,16). The smallest absolute Gasteiger partial charge is 0.339 e. The average Bonchev–Trinajstić information content (AvgIpc) is 2.32.